The van der Waals surface area contributed by atoms with Crippen LogP contribution in [0.3, 0.4) is 0 Å². The van der Waals surface area contributed by atoms with Crippen LogP contribution in [0.15, 0.2) is 78.9 Å². The number of hydrogen-bond acceptors (Lipinski definition) is 3. The molecule has 3 aromatic carbocycles. The Morgan fingerprint density at radius 3 is 2.10 bits per heavy atom. The SMILES string of the molecule is O=Cc1ccc(-c2ccc(OCCN3CCC(Cc4ccccc4)CC3)cc2)cc1. The second-order valence-electron chi connectivity index (χ2n) is 8.09. The van der Waals surface area contributed by atoms with Crippen molar-refractivity contribution in [2.24, 2.45) is 5.92 Å². The van der Waals surface area contributed by atoms with E-state index in [9.17, 15) is 4.79 Å². The number of carbonyl (C=O) groups excluding carboxylic acids is 1. The predicted molar refractivity (Wildman–Crippen MR) is 122 cm³/mol. The molecule has 0 saturated carbocycles. The molecule has 0 N–H and O–H groups in total. The average molecular weight is 400 g/mol. The third-order valence-corrected chi connectivity index (χ3v) is 5.99. The van der Waals surface area contributed by atoms with Crippen LogP contribution in [0, 0.1) is 5.92 Å². The van der Waals surface area contributed by atoms with Gasteiger partial charge in [-0.05, 0) is 67.1 Å². The molecule has 0 unspecified atom stereocenters. The van der Waals surface area contributed by atoms with Crippen molar-refractivity contribution < 1.29 is 9.53 Å². The Hall–Kier alpha value is -2.91. The lowest BCUT2D eigenvalue weighted by Gasteiger charge is -2.31. The molecule has 0 spiro atoms. The number of ether oxygens (including phenoxy) is 1. The Labute approximate surface area is 179 Å². The van der Waals surface area contributed by atoms with Gasteiger partial charge in [0.15, 0.2) is 0 Å². The highest BCUT2D eigenvalue weighted by Gasteiger charge is 2.19. The Kier molecular flexibility index (Phi) is 6.94. The summed E-state index contributed by atoms with van der Waals surface area (Å²) < 4.78 is 5.97. The number of benzene rings is 3. The van der Waals surface area contributed by atoms with Crippen molar-refractivity contribution in [2.75, 3.05) is 26.2 Å². The zero-order valence-corrected chi connectivity index (χ0v) is 17.4. The van der Waals surface area contributed by atoms with Crippen LogP contribution in [0.5, 0.6) is 5.75 Å². The zero-order chi connectivity index (χ0) is 20.6. The van der Waals surface area contributed by atoms with Crippen molar-refractivity contribution in [2.45, 2.75) is 19.3 Å². The highest BCUT2D eigenvalue weighted by atomic mass is 16.5. The fraction of sp³-hybridized carbons (Fsp3) is 0.296. The summed E-state index contributed by atoms with van der Waals surface area (Å²) >= 11 is 0. The first-order valence-corrected chi connectivity index (χ1v) is 10.8. The van der Waals surface area contributed by atoms with Gasteiger partial charge in [-0.3, -0.25) is 9.69 Å². The Bertz CT molecular complexity index is 911. The van der Waals surface area contributed by atoms with E-state index in [-0.39, 0.29) is 0 Å². The molecule has 1 fully saturated rings. The Morgan fingerprint density at radius 1 is 0.833 bits per heavy atom. The maximum absolute atomic E-state index is 10.8. The first-order valence-electron chi connectivity index (χ1n) is 10.8. The van der Waals surface area contributed by atoms with E-state index < -0.39 is 0 Å². The predicted octanol–water partition coefficient (Wildman–Crippen LogP) is 5.50. The molecule has 3 nitrogen and oxygen atoms in total. The first-order chi connectivity index (χ1) is 14.8. The van der Waals surface area contributed by atoms with Crippen LogP contribution in [0.2, 0.25) is 0 Å². The molecule has 0 aromatic heterocycles. The van der Waals surface area contributed by atoms with E-state index in [1.807, 2.05) is 36.4 Å². The lowest BCUT2D eigenvalue weighted by molar-refractivity contribution is 0.112. The van der Waals surface area contributed by atoms with Gasteiger partial charge in [0.05, 0.1) is 0 Å². The average Bonchev–Trinajstić information content (AvgIpc) is 2.81. The fourth-order valence-electron chi connectivity index (χ4n) is 4.15. The maximum Gasteiger partial charge on any atom is 0.150 e. The fourth-order valence-corrected chi connectivity index (χ4v) is 4.15. The van der Waals surface area contributed by atoms with Gasteiger partial charge in [-0.1, -0.05) is 66.7 Å². The molecule has 1 aliphatic rings. The van der Waals surface area contributed by atoms with E-state index in [1.165, 1.54) is 24.8 Å². The molecule has 1 heterocycles. The van der Waals surface area contributed by atoms with Crippen molar-refractivity contribution >= 4 is 6.29 Å². The number of hydrogen-bond donors (Lipinski definition) is 0. The van der Waals surface area contributed by atoms with Gasteiger partial charge < -0.3 is 4.74 Å². The van der Waals surface area contributed by atoms with E-state index in [4.69, 9.17) is 4.74 Å². The summed E-state index contributed by atoms with van der Waals surface area (Å²) in [7, 11) is 0. The molecule has 0 aliphatic carbocycles. The summed E-state index contributed by atoms with van der Waals surface area (Å²) in [5, 5.41) is 0. The van der Waals surface area contributed by atoms with Gasteiger partial charge in [0.1, 0.15) is 18.6 Å². The number of carbonyl (C=O) groups is 1. The molecule has 1 aliphatic heterocycles. The lowest BCUT2D eigenvalue weighted by atomic mass is 9.90. The topological polar surface area (TPSA) is 29.5 Å². The molecule has 154 valence electrons. The smallest absolute Gasteiger partial charge is 0.150 e. The molecule has 30 heavy (non-hydrogen) atoms. The van der Waals surface area contributed by atoms with Gasteiger partial charge in [-0.2, -0.15) is 0 Å². The molecule has 0 atom stereocenters. The van der Waals surface area contributed by atoms with Crippen LogP contribution in [0.25, 0.3) is 11.1 Å². The van der Waals surface area contributed by atoms with E-state index >= 15 is 0 Å². The monoisotopic (exact) mass is 399 g/mol. The zero-order valence-electron chi connectivity index (χ0n) is 17.4. The minimum absolute atomic E-state index is 0.697. The van der Waals surface area contributed by atoms with Crippen LogP contribution in [-0.2, 0) is 6.42 Å². The van der Waals surface area contributed by atoms with Crippen LogP contribution in [-0.4, -0.2) is 37.4 Å². The van der Waals surface area contributed by atoms with E-state index in [0.29, 0.717) is 5.56 Å². The molecular formula is C27H29NO2. The van der Waals surface area contributed by atoms with Crippen LogP contribution in [0.4, 0.5) is 0 Å². The van der Waals surface area contributed by atoms with Crippen molar-refractivity contribution in [3.63, 3.8) is 0 Å². The first kappa shape index (κ1) is 20.4. The van der Waals surface area contributed by atoms with Gasteiger partial charge in [0.2, 0.25) is 0 Å². The van der Waals surface area contributed by atoms with Crippen molar-refractivity contribution in [1.82, 2.24) is 4.90 Å². The molecule has 1 saturated heterocycles. The van der Waals surface area contributed by atoms with Crippen LogP contribution < -0.4 is 4.74 Å². The number of likely N-dealkylation sites (tertiary alicyclic amines) is 1. The van der Waals surface area contributed by atoms with Crippen molar-refractivity contribution in [3.05, 3.63) is 90.0 Å². The van der Waals surface area contributed by atoms with E-state index in [1.54, 1.807) is 0 Å². The summed E-state index contributed by atoms with van der Waals surface area (Å²) in [6.07, 6.45) is 4.61. The summed E-state index contributed by atoms with van der Waals surface area (Å²) in [5.41, 5.74) is 4.39. The maximum atomic E-state index is 10.8. The second-order valence-corrected chi connectivity index (χ2v) is 8.09. The number of rotatable bonds is 8. The van der Waals surface area contributed by atoms with Gasteiger partial charge in [0.25, 0.3) is 0 Å². The number of aldehydes is 1. The third-order valence-electron chi connectivity index (χ3n) is 5.99. The standard InChI is InChI=1S/C27H29NO2/c29-21-24-6-8-25(9-7-24)26-10-12-27(13-11-26)30-19-18-28-16-14-23(15-17-28)20-22-4-2-1-3-5-22/h1-13,21,23H,14-20H2. The number of nitrogens with zero attached hydrogens (tertiary/aromatic N) is 1. The summed E-state index contributed by atoms with van der Waals surface area (Å²) in [5.74, 6) is 1.71. The Balaban J connectivity index is 1.19. The highest BCUT2D eigenvalue weighted by Crippen LogP contribution is 2.24. The van der Waals surface area contributed by atoms with Crippen LogP contribution in [0.1, 0.15) is 28.8 Å². The normalized spacial score (nSPS) is 15.1. The van der Waals surface area contributed by atoms with Gasteiger partial charge in [-0.25, -0.2) is 0 Å². The van der Waals surface area contributed by atoms with Crippen molar-refractivity contribution in [3.8, 4) is 16.9 Å². The molecule has 3 heteroatoms. The van der Waals surface area contributed by atoms with Gasteiger partial charge in [-0.15, -0.1) is 0 Å². The summed E-state index contributed by atoms with van der Waals surface area (Å²) in [6.45, 7) is 4.02. The van der Waals surface area contributed by atoms with E-state index in [2.05, 4.69) is 47.4 Å². The molecule has 3 aromatic rings. The molecular weight excluding hydrogens is 370 g/mol. The lowest BCUT2D eigenvalue weighted by Crippen LogP contribution is -2.36. The molecule has 4 rings (SSSR count). The molecule has 0 bridgehead atoms. The number of piperidine rings is 1. The minimum atomic E-state index is 0.697. The highest BCUT2D eigenvalue weighted by molar-refractivity contribution is 5.77. The van der Waals surface area contributed by atoms with Crippen LogP contribution >= 0.6 is 0 Å². The third kappa shape index (κ3) is 5.58. The van der Waals surface area contributed by atoms with Gasteiger partial charge >= 0.3 is 0 Å². The molecule has 0 radical (unpaired) electrons. The quantitative estimate of drug-likeness (QED) is 0.469. The van der Waals surface area contributed by atoms with E-state index in [0.717, 1.165) is 55.3 Å². The molecule has 0 amide bonds. The Morgan fingerprint density at radius 2 is 1.47 bits per heavy atom. The minimum Gasteiger partial charge on any atom is -0.492 e. The summed E-state index contributed by atoms with van der Waals surface area (Å²) in [4.78, 5) is 13.3. The largest absolute Gasteiger partial charge is 0.492 e. The van der Waals surface area contributed by atoms with Crippen molar-refractivity contribution in [1.29, 1.82) is 0 Å². The van der Waals surface area contributed by atoms with Gasteiger partial charge in [0, 0.05) is 12.1 Å². The summed E-state index contributed by atoms with van der Waals surface area (Å²) in [6, 6.07) is 26.7. The second kappa shape index (κ2) is 10.2.